The summed E-state index contributed by atoms with van der Waals surface area (Å²) in [5.41, 5.74) is 1.31. The molecule has 3 aromatic heterocycles. The molecule has 0 atom stereocenters. The van der Waals surface area contributed by atoms with Crippen LogP contribution in [0.15, 0.2) is 34.3 Å². The lowest BCUT2D eigenvalue weighted by Crippen LogP contribution is -2.00. The van der Waals surface area contributed by atoms with E-state index in [0.717, 1.165) is 16.3 Å². The largest absolute Gasteiger partial charge is 0.390 e. The monoisotopic (exact) mass is 262 g/mol. The molecule has 18 heavy (non-hydrogen) atoms. The van der Waals surface area contributed by atoms with Crippen molar-refractivity contribution in [2.24, 2.45) is 0 Å². The van der Waals surface area contributed by atoms with Crippen LogP contribution in [0.4, 0.5) is 0 Å². The first-order valence-electron chi connectivity index (χ1n) is 5.34. The van der Waals surface area contributed by atoms with E-state index in [2.05, 4.69) is 15.5 Å². The summed E-state index contributed by atoms with van der Waals surface area (Å²) in [5.74, 6) is 0.752. The lowest BCUT2D eigenvalue weighted by Gasteiger charge is -1.92. The van der Waals surface area contributed by atoms with E-state index in [9.17, 15) is 0 Å². The molecule has 0 aliphatic carbocycles. The predicted octanol–water partition coefficient (Wildman–Crippen LogP) is 1.54. The summed E-state index contributed by atoms with van der Waals surface area (Å²) in [5, 5.41) is 22.5. The number of hydrogen-bond donors (Lipinski definition) is 1. The first-order valence-corrected chi connectivity index (χ1v) is 6.22. The van der Waals surface area contributed by atoms with Gasteiger partial charge in [-0.05, 0) is 11.4 Å². The number of aromatic nitrogens is 4. The minimum atomic E-state index is -0.112. The summed E-state index contributed by atoms with van der Waals surface area (Å²) in [4.78, 5) is 1.04. The van der Waals surface area contributed by atoms with Crippen molar-refractivity contribution >= 4 is 11.3 Å². The molecule has 0 amide bonds. The van der Waals surface area contributed by atoms with Gasteiger partial charge in [0, 0.05) is 6.07 Å². The first kappa shape index (κ1) is 11.1. The maximum Gasteiger partial charge on any atom is 0.177 e. The molecule has 0 unspecified atom stereocenters. The molecule has 0 saturated carbocycles. The van der Waals surface area contributed by atoms with Gasteiger partial charge in [-0.25, -0.2) is 4.68 Å². The average Bonchev–Trinajstić information content (AvgIpc) is 3.10. The van der Waals surface area contributed by atoms with Crippen molar-refractivity contribution in [2.75, 3.05) is 0 Å². The Morgan fingerprint density at radius 1 is 1.39 bits per heavy atom. The van der Waals surface area contributed by atoms with Crippen molar-refractivity contribution in [2.45, 2.75) is 13.2 Å². The molecule has 0 bridgehead atoms. The highest BCUT2D eigenvalue weighted by atomic mass is 32.1. The SMILES string of the molecule is OCc1cn(Cc2cc(-c3cccs3)on2)nn1. The fourth-order valence-electron chi connectivity index (χ4n) is 1.58. The van der Waals surface area contributed by atoms with Gasteiger partial charge in [-0.3, -0.25) is 0 Å². The highest BCUT2D eigenvalue weighted by molar-refractivity contribution is 7.13. The lowest BCUT2D eigenvalue weighted by molar-refractivity contribution is 0.276. The molecule has 0 saturated heterocycles. The molecule has 3 heterocycles. The molecule has 6 nitrogen and oxygen atoms in total. The third-order valence-corrected chi connectivity index (χ3v) is 3.28. The van der Waals surface area contributed by atoms with E-state index in [-0.39, 0.29) is 6.61 Å². The average molecular weight is 262 g/mol. The zero-order valence-electron chi connectivity index (χ0n) is 9.35. The summed E-state index contributed by atoms with van der Waals surface area (Å²) in [7, 11) is 0. The third kappa shape index (κ3) is 2.18. The third-order valence-electron chi connectivity index (χ3n) is 2.40. The normalized spacial score (nSPS) is 10.9. The number of hydrogen-bond acceptors (Lipinski definition) is 6. The Morgan fingerprint density at radius 3 is 3.06 bits per heavy atom. The van der Waals surface area contributed by atoms with Crippen molar-refractivity contribution < 1.29 is 9.63 Å². The van der Waals surface area contributed by atoms with Gasteiger partial charge in [0.15, 0.2) is 5.76 Å². The highest BCUT2D eigenvalue weighted by Crippen LogP contribution is 2.25. The van der Waals surface area contributed by atoms with E-state index >= 15 is 0 Å². The van der Waals surface area contributed by atoms with Gasteiger partial charge in [-0.15, -0.1) is 16.4 Å². The quantitative estimate of drug-likeness (QED) is 0.771. The Morgan fingerprint density at radius 2 is 2.33 bits per heavy atom. The van der Waals surface area contributed by atoms with Crippen molar-refractivity contribution in [3.8, 4) is 10.6 Å². The summed E-state index contributed by atoms with van der Waals surface area (Å²) >= 11 is 1.60. The molecule has 0 spiro atoms. The van der Waals surface area contributed by atoms with Gasteiger partial charge in [-0.1, -0.05) is 16.4 Å². The molecule has 92 valence electrons. The Hall–Kier alpha value is -1.99. The second-order valence-electron chi connectivity index (χ2n) is 3.73. The molecule has 0 aliphatic heterocycles. The van der Waals surface area contributed by atoms with Crippen molar-refractivity contribution in [3.63, 3.8) is 0 Å². The van der Waals surface area contributed by atoms with Gasteiger partial charge in [-0.2, -0.15) is 0 Å². The Labute approximate surface area is 106 Å². The van der Waals surface area contributed by atoms with Crippen molar-refractivity contribution in [1.82, 2.24) is 20.2 Å². The lowest BCUT2D eigenvalue weighted by atomic mass is 10.3. The summed E-state index contributed by atoms with van der Waals surface area (Å²) < 4.78 is 6.88. The van der Waals surface area contributed by atoms with Crippen LogP contribution in [0.1, 0.15) is 11.4 Å². The number of rotatable bonds is 4. The van der Waals surface area contributed by atoms with E-state index in [1.54, 1.807) is 22.2 Å². The Kier molecular flexibility index (Phi) is 2.91. The molecule has 7 heteroatoms. The minimum Gasteiger partial charge on any atom is -0.390 e. The van der Waals surface area contributed by atoms with Gasteiger partial charge in [0.25, 0.3) is 0 Å². The summed E-state index contributed by atoms with van der Waals surface area (Å²) in [6.07, 6.45) is 1.68. The fraction of sp³-hybridized carbons (Fsp3) is 0.182. The Bertz CT molecular complexity index is 629. The molecule has 1 N–H and O–H groups in total. The zero-order chi connectivity index (χ0) is 12.4. The second-order valence-corrected chi connectivity index (χ2v) is 4.67. The van der Waals surface area contributed by atoms with Crippen LogP contribution in [0, 0.1) is 0 Å². The van der Waals surface area contributed by atoms with Crippen LogP contribution in [0.5, 0.6) is 0 Å². The summed E-state index contributed by atoms with van der Waals surface area (Å²) in [6.45, 7) is 0.362. The first-order chi connectivity index (χ1) is 8.85. The van der Waals surface area contributed by atoms with Crippen LogP contribution in [0.2, 0.25) is 0 Å². The van der Waals surface area contributed by atoms with Crippen LogP contribution >= 0.6 is 11.3 Å². The van der Waals surface area contributed by atoms with E-state index in [4.69, 9.17) is 9.63 Å². The van der Waals surface area contributed by atoms with Gasteiger partial charge in [0.1, 0.15) is 11.4 Å². The predicted molar refractivity (Wildman–Crippen MR) is 64.9 cm³/mol. The molecule has 0 aliphatic rings. The van der Waals surface area contributed by atoms with E-state index < -0.39 is 0 Å². The number of aliphatic hydroxyl groups is 1. The molecule has 0 fully saturated rings. The van der Waals surface area contributed by atoms with Crippen LogP contribution in [-0.4, -0.2) is 25.3 Å². The van der Waals surface area contributed by atoms with Gasteiger partial charge < -0.3 is 9.63 Å². The Balaban J connectivity index is 1.77. The van der Waals surface area contributed by atoms with Crippen molar-refractivity contribution in [3.05, 3.63) is 41.2 Å². The highest BCUT2D eigenvalue weighted by Gasteiger charge is 2.08. The van der Waals surface area contributed by atoms with Crippen LogP contribution in [0.3, 0.4) is 0 Å². The van der Waals surface area contributed by atoms with Crippen LogP contribution in [0.25, 0.3) is 10.6 Å². The number of aliphatic hydroxyl groups excluding tert-OH is 1. The van der Waals surface area contributed by atoms with E-state index in [0.29, 0.717) is 12.2 Å². The maximum atomic E-state index is 8.90. The van der Waals surface area contributed by atoms with Crippen molar-refractivity contribution in [1.29, 1.82) is 0 Å². The fourth-order valence-corrected chi connectivity index (χ4v) is 2.25. The van der Waals surface area contributed by atoms with Gasteiger partial charge >= 0.3 is 0 Å². The van der Waals surface area contributed by atoms with Crippen LogP contribution < -0.4 is 0 Å². The molecule has 3 rings (SSSR count). The molecular weight excluding hydrogens is 252 g/mol. The van der Waals surface area contributed by atoms with E-state index in [1.807, 2.05) is 23.6 Å². The standard InChI is InChI=1S/C11H10N4O2S/c16-7-9-6-15(14-12-9)5-8-4-10(17-13-8)11-2-1-3-18-11/h1-4,6,16H,5,7H2. The molecular formula is C11H10N4O2S. The van der Waals surface area contributed by atoms with E-state index in [1.165, 1.54) is 0 Å². The van der Waals surface area contributed by atoms with Crippen LogP contribution in [-0.2, 0) is 13.2 Å². The smallest absolute Gasteiger partial charge is 0.177 e. The number of thiophene rings is 1. The maximum absolute atomic E-state index is 8.90. The van der Waals surface area contributed by atoms with Gasteiger partial charge in [0.2, 0.25) is 0 Å². The topological polar surface area (TPSA) is 77.0 Å². The second kappa shape index (κ2) is 4.71. The summed E-state index contributed by atoms with van der Waals surface area (Å²) in [6, 6.07) is 5.83. The molecule has 0 radical (unpaired) electrons. The number of nitrogens with zero attached hydrogens (tertiary/aromatic N) is 4. The zero-order valence-corrected chi connectivity index (χ0v) is 10.2. The molecule has 3 aromatic rings. The minimum absolute atomic E-state index is 0.112. The molecule has 0 aromatic carbocycles. The van der Waals surface area contributed by atoms with Gasteiger partial charge in [0.05, 0.1) is 24.2 Å².